The van der Waals surface area contributed by atoms with E-state index in [-0.39, 0.29) is 0 Å². The summed E-state index contributed by atoms with van der Waals surface area (Å²) in [6.45, 7) is 1.94. The Morgan fingerprint density at radius 3 is 2.71 bits per heavy atom. The van der Waals surface area contributed by atoms with Gasteiger partial charge in [0.1, 0.15) is 5.69 Å². The third-order valence-corrected chi connectivity index (χ3v) is 3.53. The molecule has 0 bridgehead atoms. The summed E-state index contributed by atoms with van der Waals surface area (Å²) < 4.78 is 12.8. The maximum Gasteiger partial charge on any atom is 0.212 e. The second-order valence-electron chi connectivity index (χ2n) is 4.33. The lowest BCUT2D eigenvalue weighted by Crippen LogP contribution is -1.86. The Hall–Kier alpha value is -2.58. The van der Waals surface area contributed by atoms with Crippen LogP contribution in [-0.4, -0.2) is 15.0 Å². The zero-order valence-corrected chi connectivity index (χ0v) is 12.0. The highest BCUT2D eigenvalue weighted by Gasteiger charge is 2.00. The van der Waals surface area contributed by atoms with Gasteiger partial charge >= 0.3 is 0 Å². The first-order valence-corrected chi connectivity index (χ1v) is 7.10. The summed E-state index contributed by atoms with van der Waals surface area (Å²) in [6.07, 6.45) is 4.87. The van der Waals surface area contributed by atoms with Crippen LogP contribution in [0, 0.1) is 24.7 Å². The quantitative estimate of drug-likeness (QED) is 0.509. The number of halogens is 1. The Bertz CT molecular complexity index is 828. The SMILES string of the molecule is Cc1nc(C#Cc2cncc(-c3ccc([16F])nc3)c2)cs1. The molecule has 0 aliphatic rings. The molecule has 0 unspecified atom stereocenters. The molecule has 0 fully saturated rings. The van der Waals surface area contributed by atoms with E-state index in [4.69, 9.17) is 0 Å². The van der Waals surface area contributed by atoms with Crippen molar-refractivity contribution >= 4 is 11.3 Å². The Morgan fingerprint density at radius 2 is 2.00 bits per heavy atom. The Kier molecular flexibility index (Phi) is 3.71. The van der Waals surface area contributed by atoms with Gasteiger partial charge in [0.05, 0.1) is 5.01 Å². The van der Waals surface area contributed by atoms with Gasteiger partial charge in [0, 0.05) is 40.7 Å². The van der Waals surface area contributed by atoms with Crippen molar-refractivity contribution < 1.29 is 4.39 Å². The first kappa shape index (κ1) is 13.4. The topological polar surface area (TPSA) is 38.7 Å². The van der Waals surface area contributed by atoms with Crippen LogP contribution in [0.1, 0.15) is 16.3 Å². The molecular formula is C16H10FN3S. The van der Waals surface area contributed by atoms with E-state index >= 15 is 0 Å². The average Bonchev–Trinajstić information content (AvgIpc) is 2.92. The molecule has 5 heteroatoms. The summed E-state index contributed by atoms with van der Waals surface area (Å²) >= 11 is 1.57. The summed E-state index contributed by atoms with van der Waals surface area (Å²) in [6, 6.07) is 4.89. The summed E-state index contributed by atoms with van der Waals surface area (Å²) in [4.78, 5) is 12.1. The molecule has 3 heterocycles. The van der Waals surface area contributed by atoms with E-state index in [9.17, 15) is 4.39 Å². The Morgan fingerprint density at radius 1 is 1.10 bits per heavy atom. The molecule has 3 aromatic rings. The molecule has 21 heavy (non-hydrogen) atoms. The van der Waals surface area contributed by atoms with Gasteiger partial charge in [0.2, 0.25) is 5.95 Å². The van der Waals surface area contributed by atoms with Crippen molar-refractivity contribution in [1.82, 2.24) is 15.0 Å². The number of nitrogens with zero attached hydrogens (tertiary/aromatic N) is 3. The largest absolute Gasteiger partial charge is 0.263 e. The van der Waals surface area contributed by atoms with Gasteiger partial charge in [-0.1, -0.05) is 5.92 Å². The van der Waals surface area contributed by atoms with Crippen LogP contribution < -0.4 is 0 Å². The normalized spacial score (nSPS) is 10.0. The van der Waals surface area contributed by atoms with Gasteiger partial charge in [-0.25, -0.2) is 9.97 Å². The predicted octanol–water partition coefficient (Wildman–Crippen LogP) is 3.45. The van der Waals surface area contributed by atoms with Crippen molar-refractivity contribution in [1.29, 1.82) is 0 Å². The number of hydrogen-bond acceptors (Lipinski definition) is 4. The van der Waals surface area contributed by atoms with Gasteiger partial charge in [-0.05, 0) is 31.0 Å². The smallest absolute Gasteiger partial charge is 0.212 e. The van der Waals surface area contributed by atoms with E-state index in [1.54, 1.807) is 29.8 Å². The predicted molar refractivity (Wildman–Crippen MR) is 80.3 cm³/mol. The van der Waals surface area contributed by atoms with Crippen molar-refractivity contribution in [2.45, 2.75) is 6.92 Å². The van der Waals surface area contributed by atoms with E-state index in [0.717, 1.165) is 27.4 Å². The first-order chi connectivity index (χ1) is 10.2. The molecule has 3 rings (SSSR count). The molecule has 0 atom stereocenters. The first-order valence-electron chi connectivity index (χ1n) is 6.22. The molecule has 3 nitrogen and oxygen atoms in total. The van der Waals surface area contributed by atoms with Gasteiger partial charge < -0.3 is 0 Å². The molecule has 0 saturated heterocycles. The van der Waals surface area contributed by atoms with E-state index in [2.05, 4.69) is 26.8 Å². The van der Waals surface area contributed by atoms with E-state index in [1.807, 2.05) is 18.4 Å². The molecule has 3 aromatic heterocycles. The number of aromatic nitrogens is 3. The number of pyridine rings is 2. The van der Waals surface area contributed by atoms with Crippen LogP contribution in [0.25, 0.3) is 11.1 Å². The van der Waals surface area contributed by atoms with Crippen LogP contribution in [-0.2, 0) is 0 Å². The summed E-state index contributed by atoms with van der Waals surface area (Å²) in [5.74, 6) is 5.54. The van der Waals surface area contributed by atoms with Crippen molar-refractivity contribution in [3.63, 3.8) is 0 Å². The fourth-order valence-corrected chi connectivity index (χ4v) is 2.31. The summed E-state index contributed by atoms with van der Waals surface area (Å²) in [7, 11) is 0. The molecule has 0 saturated carbocycles. The highest BCUT2D eigenvalue weighted by Crippen LogP contribution is 2.18. The minimum atomic E-state index is -0.499. The lowest BCUT2D eigenvalue weighted by Gasteiger charge is -2.00. The Labute approximate surface area is 125 Å². The zero-order chi connectivity index (χ0) is 14.7. The van der Waals surface area contributed by atoms with Crippen molar-refractivity contribution in [2.24, 2.45) is 0 Å². The average molecular weight is 292 g/mol. The van der Waals surface area contributed by atoms with Crippen LogP contribution in [0.4, 0.5) is 4.39 Å². The molecule has 102 valence electrons. The minimum absolute atomic E-state index is 0.499. The molecule has 0 N–H and O–H groups in total. The second kappa shape index (κ2) is 5.81. The fourth-order valence-electron chi connectivity index (χ4n) is 1.77. The highest BCUT2D eigenvalue weighted by molar-refractivity contribution is 7.09. The molecule has 0 aliphatic carbocycles. The number of hydrogen-bond donors (Lipinski definition) is 0. The summed E-state index contributed by atoms with van der Waals surface area (Å²) in [5.41, 5.74) is 3.19. The van der Waals surface area contributed by atoms with Crippen molar-refractivity contribution in [3.05, 3.63) is 64.4 Å². The maximum atomic E-state index is 12.8. The van der Waals surface area contributed by atoms with Gasteiger partial charge in [0.25, 0.3) is 0 Å². The van der Waals surface area contributed by atoms with E-state index in [1.165, 1.54) is 12.3 Å². The van der Waals surface area contributed by atoms with E-state index < -0.39 is 5.95 Å². The summed E-state index contributed by atoms with van der Waals surface area (Å²) in [5, 5.41) is 2.91. The third kappa shape index (κ3) is 3.30. The minimum Gasteiger partial charge on any atom is -0.263 e. The van der Waals surface area contributed by atoms with Gasteiger partial charge in [-0.15, -0.1) is 11.3 Å². The standard InChI is InChI=1S/C16H10FN3S/c1-11-20-15(10-21-11)4-2-12-6-14(8-18-7-12)13-3-5-16(17)19-9-13/h3,5-10H,1H3/i17-3. The monoisotopic (exact) mass is 292 g/mol. The van der Waals surface area contributed by atoms with Crippen LogP contribution in [0.15, 0.2) is 42.2 Å². The second-order valence-corrected chi connectivity index (χ2v) is 5.40. The lowest BCUT2D eigenvalue weighted by atomic mass is 10.1. The molecular weight excluding hydrogens is 282 g/mol. The lowest BCUT2D eigenvalue weighted by molar-refractivity contribution is 0.584. The fraction of sp³-hybridized carbons (Fsp3) is 0.0625. The number of thiazole rings is 1. The third-order valence-electron chi connectivity index (χ3n) is 2.75. The molecule has 0 spiro atoms. The van der Waals surface area contributed by atoms with E-state index in [0.29, 0.717) is 0 Å². The Balaban J connectivity index is 1.90. The van der Waals surface area contributed by atoms with Gasteiger partial charge in [-0.2, -0.15) is 4.39 Å². The van der Waals surface area contributed by atoms with Gasteiger partial charge in [0.15, 0.2) is 0 Å². The molecule has 0 amide bonds. The molecule has 0 radical (unpaired) electrons. The van der Waals surface area contributed by atoms with Crippen LogP contribution >= 0.6 is 11.3 Å². The highest BCUT2D eigenvalue weighted by atomic mass is 32.1. The van der Waals surface area contributed by atoms with Crippen LogP contribution in [0.2, 0.25) is 0 Å². The molecule has 0 aliphatic heterocycles. The van der Waals surface area contributed by atoms with Crippen LogP contribution in [0.5, 0.6) is 0 Å². The number of rotatable bonds is 1. The number of aryl methyl sites for hydroxylation is 1. The maximum absolute atomic E-state index is 12.8. The van der Waals surface area contributed by atoms with Crippen molar-refractivity contribution in [3.8, 4) is 23.0 Å². The molecule has 0 aromatic carbocycles. The van der Waals surface area contributed by atoms with Crippen molar-refractivity contribution in [2.75, 3.05) is 0 Å². The zero-order valence-electron chi connectivity index (χ0n) is 11.2. The van der Waals surface area contributed by atoms with Gasteiger partial charge in [-0.3, -0.25) is 4.98 Å². The van der Waals surface area contributed by atoms with Crippen LogP contribution in [0.3, 0.4) is 0 Å².